The number of hydrogen-bond donors (Lipinski definition) is 1. The molecule has 3 aromatic rings. The fourth-order valence-electron chi connectivity index (χ4n) is 3.48. The molecule has 0 aliphatic heterocycles. The maximum absolute atomic E-state index is 13.7. The molecule has 3 rings (SSSR count). The highest BCUT2D eigenvalue weighted by molar-refractivity contribution is 6.32. The highest BCUT2D eigenvalue weighted by Gasteiger charge is 2.41. The Bertz CT molecular complexity index is 1020. The number of rotatable bonds is 6. The fourth-order valence-corrected chi connectivity index (χ4v) is 3.76. The summed E-state index contributed by atoms with van der Waals surface area (Å²) in [5.74, 6) is -1.56. The molecule has 2 N–H and O–H groups in total. The van der Waals surface area contributed by atoms with Crippen LogP contribution in [-0.4, -0.2) is 18.2 Å². The second kappa shape index (κ2) is 9.15. The second-order valence-corrected chi connectivity index (χ2v) is 6.99. The number of carbonyl (C=O) groups excluding carboxylic acids is 1. The third-order valence-corrected chi connectivity index (χ3v) is 5.16. The first kappa shape index (κ1) is 21.6. The lowest BCUT2D eigenvalue weighted by Gasteiger charge is -2.36. The van der Waals surface area contributed by atoms with Gasteiger partial charge in [-0.3, -0.25) is 0 Å². The van der Waals surface area contributed by atoms with Gasteiger partial charge in [0.2, 0.25) is 0 Å². The van der Waals surface area contributed by atoms with Crippen LogP contribution in [0.5, 0.6) is 0 Å². The van der Waals surface area contributed by atoms with E-state index >= 15 is 0 Å². The fraction of sp³-hybridized carbons (Fsp3) is 0.130. The quantitative estimate of drug-likeness (QED) is 0.265. The molecule has 0 atom stereocenters. The van der Waals surface area contributed by atoms with Crippen molar-refractivity contribution in [2.75, 3.05) is 6.54 Å². The number of hydrogen-bond acceptors (Lipinski definition) is 4. The first-order valence-electron chi connectivity index (χ1n) is 9.11. The summed E-state index contributed by atoms with van der Waals surface area (Å²) in [5, 5.41) is 4.43. The predicted molar refractivity (Wildman–Crippen MR) is 112 cm³/mol. The van der Waals surface area contributed by atoms with Crippen molar-refractivity contribution in [2.45, 2.75) is 12.3 Å². The average molecular weight is 429 g/mol. The summed E-state index contributed by atoms with van der Waals surface area (Å²) in [5.41, 5.74) is 6.27. The van der Waals surface area contributed by atoms with Gasteiger partial charge in [-0.05, 0) is 53.9 Å². The maximum Gasteiger partial charge on any atom is 0.348 e. The van der Waals surface area contributed by atoms with Crippen LogP contribution < -0.4 is 5.73 Å². The molecule has 4 nitrogen and oxygen atoms in total. The normalized spacial score (nSPS) is 12.0. The number of halogens is 3. The average Bonchev–Trinajstić information content (AvgIpc) is 2.75. The zero-order valence-corrected chi connectivity index (χ0v) is 16.9. The third kappa shape index (κ3) is 4.10. The van der Waals surface area contributed by atoms with Crippen molar-refractivity contribution in [1.29, 1.82) is 0 Å². The summed E-state index contributed by atoms with van der Waals surface area (Å²) in [4.78, 5) is 16.6. The Morgan fingerprint density at radius 2 is 1.47 bits per heavy atom. The summed E-state index contributed by atoms with van der Waals surface area (Å²) in [7, 11) is 0. The van der Waals surface area contributed by atoms with Crippen LogP contribution in [0.4, 0.5) is 8.78 Å². The van der Waals surface area contributed by atoms with Crippen LogP contribution in [0.3, 0.4) is 0 Å². The van der Waals surface area contributed by atoms with Crippen molar-refractivity contribution in [2.24, 2.45) is 10.9 Å². The molecule has 0 heterocycles. The van der Waals surface area contributed by atoms with Crippen LogP contribution in [0, 0.1) is 11.6 Å². The van der Waals surface area contributed by atoms with Crippen LogP contribution in [0.1, 0.15) is 23.6 Å². The largest absolute Gasteiger partial charge is 0.348 e. The Morgan fingerprint density at radius 3 is 1.93 bits per heavy atom. The van der Waals surface area contributed by atoms with E-state index in [-0.39, 0.29) is 6.54 Å². The van der Waals surface area contributed by atoms with Gasteiger partial charge in [-0.2, -0.15) is 0 Å². The Hall–Kier alpha value is -3.09. The molecule has 0 fully saturated rings. The highest BCUT2D eigenvalue weighted by atomic mass is 35.5. The van der Waals surface area contributed by atoms with Gasteiger partial charge in [-0.1, -0.05) is 59.2 Å². The van der Waals surface area contributed by atoms with Crippen LogP contribution in [0.25, 0.3) is 0 Å². The highest BCUT2D eigenvalue weighted by Crippen LogP contribution is 2.43. The molecule has 0 spiro atoms. The molecule has 0 bridgehead atoms. The summed E-state index contributed by atoms with van der Waals surface area (Å²) in [6.45, 7) is 1.31. The van der Waals surface area contributed by atoms with E-state index in [2.05, 4.69) is 5.16 Å². The molecule has 0 unspecified atom stereocenters. The van der Waals surface area contributed by atoms with Crippen LogP contribution in [0.2, 0.25) is 5.02 Å². The molecular formula is C23H19ClF2N2O2. The van der Waals surface area contributed by atoms with E-state index in [1.807, 2.05) is 0 Å². The Kier molecular flexibility index (Phi) is 6.59. The molecule has 0 aliphatic carbocycles. The minimum absolute atomic E-state index is 0.329. The van der Waals surface area contributed by atoms with Gasteiger partial charge in [-0.25, -0.2) is 13.6 Å². The lowest BCUT2D eigenvalue weighted by atomic mass is 9.66. The summed E-state index contributed by atoms with van der Waals surface area (Å²) < 4.78 is 27.4. The Balaban J connectivity index is 2.39. The van der Waals surface area contributed by atoms with Crippen molar-refractivity contribution in [3.05, 3.63) is 106 Å². The van der Waals surface area contributed by atoms with E-state index in [0.29, 0.717) is 27.4 Å². The van der Waals surface area contributed by atoms with E-state index < -0.39 is 23.0 Å². The molecular weight excluding hydrogens is 410 g/mol. The molecule has 0 aromatic heterocycles. The molecule has 7 heteroatoms. The lowest BCUT2D eigenvalue weighted by molar-refractivity contribution is -0.141. The van der Waals surface area contributed by atoms with Crippen molar-refractivity contribution >= 4 is 23.3 Å². The van der Waals surface area contributed by atoms with Gasteiger partial charge in [0.05, 0.1) is 17.7 Å². The first-order chi connectivity index (χ1) is 14.4. The van der Waals surface area contributed by atoms with Gasteiger partial charge in [0, 0.05) is 5.02 Å². The van der Waals surface area contributed by atoms with Crippen LogP contribution in [-0.2, 0) is 15.0 Å². The summed E-state index contributed by atoms with van der Waals surface area (Å²) in [6, 6.07) is 18.7. The number of nitrogens with zero attached hydrogens (tertiary/aromatic N) is 1. The minimum Gasteiger partial charge on any atom is -0.321 e. The van der Waals surface area contributed by atoms with E-state index in [9.17, 15) is 13.6 Å². The number of benzene rings is 3. The van der Waals surface area contributed by atoms with Gasteiger partial charge in [0.15, 0.2) is 0 Å². The standard InChI is InChI=1S/C23H19ClF2N2O2/c1-15(28-30-22(29)14-27)23(16-6-10-18(25)11-7-16,17-8-12-19(26)13-9-17)20-4-2-3-5-21(20)24/h2-13H,14,27H2,1H3. The summed E-state index contributed by atoms with van der Waals surface area (Å²) in [6.07, 6.45) is 0. The molecule has 0 saturated carbocycles. The van der Waals surface area contributed by atoms with Gasteiger partial charge < -0.3 is 10.6 Å². The molecule has 0 aliphatic rings. The van der Waals surface area contributed by atoms with Crippen molar-refractivity contribution in [1.82, 2.24) is 0 Å². The maximum atomic E-state index is 13.7. The third-order valence-electron chi connectivity index (χ3n) is 4.83. The molecule has 0 saturated heterocycles. The SMILES string of the molecule is CC(=NOC(=O)CN)C(c1ccc(F)cc1)(c1ccc(F)cc1)c1ccccc1Cl. The summed E-state index contributed by atoms with van der Waals surface area (Å²) >= 11 is 6.57. The number of oxime groups is 1. The van der Waals surface area contributed by atoms with E-state index in [1.54, 1.807) is 55.5 Å². The van der Waals surface area contributed by atoms with Crippen LogP contribution >= 0.6 is 11.6 Å². The van der Waals surface area contributed by atoms with Gasteiger partial charge in [0.1, 0.15) is 11.6 Å². The predicted octanol–water partition coefficient (Wildman–Crippen LogP) is 4.83. The van der Waals surface area contributed by atoms with Crippen LogP contribution in [0.15, 0.2) is 78.0 Å². The zero-order valence-electron chi connectivity index (χ0n) is 16.1. The second-order valence-electron chi connectivity index (χ2n) is 6.59. The van der Waals surface area contributed by atoms with Crippen molar-refractivity contribution in [3.63, 3.8) is 0 Å². The van der Waals surface area contributed by atoms with Crippen molar-refractivity contribution in [3.8, 4) is 0 Å². The zero-order chi connectivity index (χ0) is 21.7. The van der Waals surface area contributed by atoms with E-state index in [0.717, 1.165) is 0 Å². The molecule has 154 valence electrons. The Labute approximate surface area is 177 Å². The van der Waals surface area contributed by atoms with E-state index in [4.69, 9.17) is 22.2 Å². The van der Waals surface area contributed by atoms with Gasteiger partial charge in [0.25, 0.3) is 0 Å². The smallest absolute Gasteiger partial charge is 0.321 e. The molecule has 30 heavy (non-hydrogen) atoms. The molecule has 0 radical (unpaired) electrons. The first-order valence-corrected chi connectivity index (χ1v) is 9.49. The monoisotopic (exact) mass is 428 g/mol. The molecule has 3 aromatic carbocycles. The van der Waals surface area contributed by atoms with E-state index in [1.165, 1.54) is 24.3 Å². The number of carbonyl (C=O) groups is 1. The molecule has 0 amide bonds. The topological polar surface area (TPSA) is 64.7 Å². The lowest BCUT2D eigenvalue weighted by Crippen LogP contribution is -2.38. The number of nitrogens with two attached hydrogens (primary N) is 1. The van der Waals surface area contributed by atoms with Gasteiger partial charge in [-0.15, -0.1) is 0 Å². The van der Waals surface area contributed by atoms with Gasteiger partial charge >= 0.3 is 5.97 Å². The Morgan fingerprint density at radius 1 is 0.967 bits per heavy atom. The minimum atomic E-state index is -1.19. The van der Waals surface area contributed by atoms with Crippen molar-refractivity contribution < 1.29 is 18.4 Å².